The molecule has 2 aromatic rings. The smallest absolute Gasteiger partial charge is 0.235 e. The van der Waals surface area contributed by atoms with Crippen LogP contribution in [0.2, 0.25) is 0 Å². The number of nitrogens with zero attached hydrogens (tertiary/aromatic N) is 4. The standard InChI is InChI=1S/C18H23FN4OS/c1-4-23-16(14-8-9-14)20-21-18(23)25-12(2)17(24)22(3)11-13-6-5-7-15(19)10-13/h5-7,10,12,14H,4,8-9,11H2,1-3H3. The van der Waals surface area contributed by atoms with E-state index in [4.69, 9.17) is 0 Å². The van der Waals surface area contributed by atoms with Gasteiger partial charge >= 0.3 is 0 Å². The van der Waals surface area contributed by atoms with Gasteiger partial charge in [0.05, 0.1) is 5.25 Å². The topological polar surface area (TPSA) is 51.0 Å². The third kappa shape index (κ3) is 4.21. The summed E-state index contributed by atoms with van der Waals surface area (Å²) in [5.41, 5.74) is 0.779. The minimum atomic E-state index is -0.288. The van der Waals surface area contributed by atoms with Crippen LogP contribution in [0.4, 0.5) is 4.39 Å². The average Bonchev–Trinajstić information content (AvgIpc) is 3.35. The zero-order chi connectivity index (χ0) is 18.0. The Morgan fingerprint density at radius 2 is 2.20 bits per heavy atom. The molecule has 7 heteroatoms. The van der Waals surface area contributed by atoms with Crippen molar-refractivity contribution in [3.05, 3.63) is 41.5 Å². The van der Waals surface area contributed by atoms with Crippen molar-refractivity contribution in [2.75, 3.05) is 7.05 Å². The quantitative estimate of drug-likeness (QED) is 0.708. The molecule has 0 N–H and O–H groups in total. The summed E-state index contributed by atoms with van der Waals surface area (Å²) in [7, 11) is 1.74. The minimum absolute atomic E-state index is 0.00659. The number of aromatic nitrogens is 3. The number of hydrogen-bond acceptors (Lipinski definition) is 4. The molecule has 25 heavy (non-hydrogen) atoms. The van der Waals surface area contributed by atoms with Crippen molar-refractivity contribution in [3.8, 4) is 0 Å². The third-order valence-electron chi connectivity index (χ3n) is 4.32. The Morgan fingerprint density at radius 3 is 2.84 bits per heavy atom. The summed E-state index contributed by atoms with van der Waals surface area (Å²) in [5.74, 6) is 1.28. The highest BCUT2D eigenvalue weighted by Gasteiger charge is 2.31. The fraction of sp³-hybridized carbons (Fsp3) is 0.500. The lowest BCUT2D eigenvalue weighted by Gasteiger charge is -2.21. The Bertz CT molecular complexity index is 759. The number of hydrogen-bond donors (Lipinski definition) is 0. The van der Waals surface area contributed by atoms with E-state index in [2.05, 4.69) is 21.7 Å². The van der Waals surface area contributed by atoms with Gasteiger partial charge in [0.15, 0.2) is 5.16 Å². The molecule has 5 nitrogen and oxygen atoms in total. The van der Waals surface area contributed by atoms with E-state index in [9.17, 15) is 9.18 Å². The van der Waals surface area contributed by atoms with Gasteiger partial charge in [-0.1, -0.05) is 23.9 Å². The third-order valence-corrected chi connectivity index (χ3v) is 5.39. The monoisotopic (exact) mass is 362 g/mol. The van der Waals surface area contributed by atoms with Gasteiger partial charge in [-0.25, -0.2) is 4.39 Å². The van der Waals surface area contributed by atoms with Gasteiger partial charge in [-0.05, 0) is 44.4 Å². The first-order valence-electron chi connectivity index (χ1n) is 8.58. The Kier molecular flexibility index (Phi) is 5.42. The normalized spacial score (nSPS) is 15.2. The van der Waals surface area contributed by atoms with Gasteiger partial charge < -0.3 is 9.47 Å². The predicted octanol–water partition coefficient (Wildman–Crippen LogP) is 3.45. The lowest BCUT2D eigenvalue weighted by Crippen LogP contribution is -2.33. The second-order valence-corrected chi connectivity index (χ2v) is 7.75. The highest BCUT2D eigenvalue weighted by molar-refractivity contribution is 8.00. The lowest BCUT2D eigenvalue weighted by atomic mass is 10.2. The van der Waals surface area contributed by atoms with Crippen LogP contribution in [0.1, 0.15) is 44.0 Å². The number of thioether (sulfide) groups is 1. The molecular weight excluding hydrogens is 339 g/mol. The van der Waals surface area contributed by atoms with Crippen LogP contribution in [0.15, 0.2) is 29.4 Å². The van der Waals surface area contributed by atoms with Gasteiger partial charge in [0.25, 0.3) is 0 Å². The summed E-state index contributed by atoms with van der Waals surface area (Å²) < 4.78 is 15.4. The molecule has 0 saturated heterocycles. The maximum atomic E-state index is 13.3. The summed E-state index contributed by atoms with van der Waals surface area (Å²) >= 11 is 1.44. The molecule has 0 aliphatic heterocycles. The van der Waals surface area contributed by atoms with Crippen molar-refractivity contribution in [2.45, 2.75) is 56.1 Å². The van der Waals surface area contributed by atoms with E-state index >= 15 is 0 Å². The zero-order valence-corrected chi connectivity index (χ0v) is 15.6. The summed E-state index contributed by atoms with van der Waals surface area (Å²) in [6.45, 7) is 5.14. The maximum absolute atomic E-state index is 13.3. The number of carbonyl (C=O) groups is 1. The molecule has 1 aromatic carbocycles. The first-order chi connectivity index (χ1) is 12.0. The zero-order valence-electron chi connectivity index (χ0n) is 14.8. The van der Waals surface area contributed by atoms with E-state index in [1.807, 2.05) is 13.0 Å². The summed E-state index contributed by atoms with van der Waals surface area (Å²) in [5, 5.41) is 9.11. The van der Waals surface area contributed by atoms with E-state index in [0.717, 1.165) is 23.1 Å². The second kappa shape index (κ2) is 7.56. The number of halogens is 1. The van der Waals surface area contributed by atoms with Crippen LogP contribution >= 0.6 is 11.8 Å². The summed E-state index contributed by atoms with van der Waals surface area (Å²) in [6.07, 6.45) is 2.35. The molecule has 3 rings (SSSR count). The molecule has 1 aliphatic rings. The Hall–Kier alpha value is -1.89. The van der Waals surface area contributed by atoms with Crippen LogP contribution in [-0.4, -0.2) is 37.9 Å². The largest absolute Gasteiger partial charge is 0.340 e. The van der Waals surface area contributed by atoms with E-state index in [0.29, 0.717) is 12.5 Å². The van der Waals surface area contributed by atoms with Crippen molar-refractivity contribution in [1.82, 2.24) is 19.7 Å². The summed E-state index contributed by atoms with van der Waals surface area (Å²) in [6, 6.07) is 6.33. The summed E-state index contributed by atoms with van der Waals surface area (Å²) in [4.78, 5) is 14.3. The van der Waals surface area contributed by atoms with Gasteiger partial charge in [0.1, 0.15) is 11.6 Å². The minimum Gasteiger partial charge on any atom is -0.340 e. The lowest BCUT2D eigenvalue weighted by molar-refractivity contribution is -0.129. The highest BCUT2D eigenvalue weighted by Crippen LogP contribution is 2.40. The molecule has 1 aromatic heterocycles. The molecule has 1 saturated carbocycles. The van der Waals surface area contributed by atoms with Crippen molar-refractivity contribution in [3.63, 3.8) is 0 Å². The van der Waals surface area contributed by atoms with Gasteiger partial charge in [-0.15, -0.1) is 10.2 Å². The molecule has 1 fully saturated rings. The van der Waals surface area contributed by atoms with Gasteiger partial charge in [0.2, 0.25) is 5.91 Å². The fourth-order valence-electron chi connectivity index (χ4n) is 2.83. The first kappa shape index (κ1) is 17.9. The van der Waals surface area contributed by atoms with Crippen LogP contribution in [0.5, 0.6) is 0 Å². The van der Waals surface area contributed by atoms with E-state index < -0.39 is 0 Å². The molecule has 1 aliphatic carbocycles. The molecule has 134 valence electrons. The number of carbonyl (C=O) groups excluding carboxylic acids is 1. The van der Waals surface area contributed by atoms with Gasteiger partial charge in [-0.3, -0.25) is 4.79 Å². The molecule has 1 amide bonds. The predicted molar refractivity (Wildman–Crippen MR) is 95.9 cm³/mol. The molecule has 0 bridgehead atoms. The maximum Gasteiger partial charge on any atom is 0.235 e. The average molecular weight is 362 g/mol. The second-order valence-electron chi connectivity index (χ2n) is 6.44. The SMILES string of the molecule is CCn1c(SC(C)C(=O)N(C)Cc2cccc(F)c2)nnc1C1CC1. The van der Waals surface area contributed by atoms with Gasteiger partial charge in [-0.2, -0.15) is 0 Å². The molecular formula is C18H23FN4OS. The van der Waals surface area contributed by atoms with Crippen molar-refractivity contribution in [1.29, 1.82) is 0 Å². The Balaban J connectivity index is 1.64. The van der Waals surface area contributed by atoms with Crippen molar-refractivity contribution < 1.29 is 9.18 Å². The number of benzene rings is 1. The molecule has 1 heterocycles. The highest BCUT2D eigenvalue weighted by atomic mass is 32.2. The van der Waals surface area contributed by atoms with Crippen LogP contribution in [-0.2, 0) is 17.9 Å². The Labute approximate surface area is 151 Å². The number of rotatable bonds is 7. The molecule has 0 radical (unpaired) electrons. The van der Waals surface area contributed by atoms with Crippen molar-refractivity contribution >= 4 is 17.7 Å². The molecule has 1 unspecified atom stereocenters. The fourth-order valence-corrected chi connectivity index (χ4v) is 3.87. The van der Waals surface area contributed by atoms with E-state index in [1.54, 1.807) is 18.0 Å². The van der Waals surface area contributed by atoms with E-state index in [-0.39, 0.29) is 17.0 Å². The van der Waals surface area contributed by atoms with Crippen LogP contribution in [0.3, 0.4) is 0 Å². The Morgan fingerprint density at radius 1 is 1.44 bits per heavy atom. The van der Waals surface area contributed by atoms with Gasteiger partial charge in [0, 0.05) is 26.1 Å². The van der Waals surface area contributed by atoms with E-state index in [1.165, 1.54) is 36.7 Å². The van der Waals surface area contributed by atoms with Crippen LogP contribution in [0, 0.1) is 5.82 Å². The van der Waals surface area contributed by atoms with Crippen molar-refractivity contribution in [2.24, 2.45) is 0 Å². The molecule has 0 spiro atoms. The number of amides is 1. The van der Waals surface area contributed by atoms with Crippen LogP contribution < -0.4 is 0 Å². The molecule has 1 atom stereocenters. The first-order valence-corrected chi connectivity index (χ1v) is 9.46. The van der Waals surface area contributed by atoms with Crippen LogP contribution in [0.25, 0.3) is 0 Å².